The summed E-state index contributed by atoms with van der Waals surface area (Å²) < 4.78 is 9.97. The molecule has 0 radical (unpaired) electrons. The number of amides is 1. The molecule has 5 nitrogen and oxygen atoms in total. The van der Waals surface area contributed by atoms with Crippen LogP contribution in [0.1, 0.15) is 56.9 Å². The van der Waals surface area contributed by atoms with Gasteiger partial charge in [-0.05, 0) is 24.8 Å². The number of rotatable bonds is 14. The molecule has 0 spiro atoms. The minimum atomic E-state index is -0.746. The van der Waals surface area contributed by atoms with Crippen LogP contribution in [0, 0.1) is 0 Å². The number of allylic oxidation sites excluding steroid dienone is 1. The lowest BCUT2D eigenvalue weighted by Crippen LogP contribution is -2.43. The van der Waals surface area contributed by atoms with Gasteiger partial charge in [-0.25, -0.2) is 9.59 Å². The number of esters is 1. The second-order valence-corrected chi connectivity index (χ2v) is 6.60. The molecule has 0 saturated heterocycles. The highest BCUT2D eigenvalue weighted by Crippen LogP contribution is 2.10. The number of methoxy groups -OCH3 is 1. The highest BCUT2D eigenvalue weighted by molar-refractivity contribution is 5.81. The first-order valence-corrected chi connectivity index (χ1v) is 9.83. The molecule has 0 aliphatic rings. The van der Waals surface area contributed by atoms with Gasteiger partial charge in [0.25, 0.3) is 0 Å². The molecule has 0 aliphatic heterocycles. The molecule has 0 aromatic heterocycles. The molecule has 0 unspecified atom stereocenters. The van der Waals surface area contributed by atoms with Crippen LogP contribution in [0.25, 0.3) is 0 Å². The molecule has 1 aromatic carbocycles. The number of hydrogen-bond donors (Lipinski definition) is 1. The van der Waals surface area contributed by atoms with Crippen molar-refractivity contribution in [3.8, 4) is 0 Å². The molecule has 1 amide bonds. The van der Waals surface area contributed by atoms with E-state index in [0.29, 0.717) is 13.0 Å². The van der Waals surface area contributed by atoms with E-state index < -0.39 is 18.1 Å². The Morgan fingerprint density at radius 3 is 2.30 bits per heavy atom. The smallest absolute Gasteiger partial charge is 0.407 e. The summed E-state index contributed by atoms with van der Waals surface area (Å²) in [6, 6.07) is 8.78. The number of hydrogen-bond acceptors (Lipinski definition) is 4. The molecule has 27 heavy (non-hydrogen) atoms. The van der Waals surface area contributed by atoms with E-state index in [1.165, 1.54) is 32.8 Å². The van der Waals surface area contributed by atoms with Crippen molar-refractivity contribution in [1.29, 1.82) is 0 Å². The predicted molar refractivity (Wildman–Crippen MR) is 108 cm³/mol. The molecule has 5 heteroatoms. The van der Waals surface area contributed by atoms with Crippen LogP contribution in [0.15, 0.2) is 43.0 Å². The van der Waals surface area contributed by atoms with Crippen LogP contribution in [0.5, 0.6) is 0 Å². The molecule has 0 fully saturated rings. The Morgan fingerprint density at radius 2 is 1.67 bits per heavy atom. The number of benzene rings is 1. The molecular formula is C22H33NO4. The van der Waals surface area contributed by atoms with Crippen molar-refractivity contribution >= 4 is 12.1 Å². The highest BCUT2D eigenvalue weighted by Gasteiger charge is 2.23. The van der Waals surface area contributed by atoms with Crippen molar-refractivity contribution in [2.24, 2.45) is 0 Å². The van der Waals surface area contributed by atoms with Crippen LogP contribution in [-0.2, 0) is 20.7 Å². The number of carbonyl (C=O) groups excluding carboxylic acids is 2. The maximum atomic E-state index is 12.3. The quantitative estimate of drug-likeness (QED) is 0.288. The Hall–Kier alpha value is -2.30. The zero-order valence-corrected chi connectivity index (χ0v) is 16.5. The minimum Gasteiger partial charge on any atom is -0.464 e. The molecular weight excluding hydrogens is 342 g/mol. The van der Waals surface area contributed by atoms with Crippen LogP contribution in [-0.4, -0.2) is 31.8 Å². The Bertz CT molecular complexity index is 545. The third-order valence-corrected chi connectivity index (χ3v) is 4.34. The third kappa shape index (κ3) is 11.1. The van der Waals surface area contributed by atoms with Crippen LogP contribution in [0.4, 0.5) is 4.79 Å². The van der Waals surface area contributed by atoms with Gasteiger partial charge in [0.15, 0.2) is 0 Å². The van der Waals surface area contributed by atoms with Crippen LogP contribution >= 0.6 is 0 Å². The van der Waals surface area contributed by atoms with E-state index in [2.05, 4.69) is 16.6 Å². The largest absolute Gasteiger partial charge is 0.464 e. The molecule has 150 valence electrons. The summed E-state index contributed by atoms with van der Waals surface area (Å²) in [5, 5.41) is 2.56. The summed E-state index contributed by atoms with van der Waals surface area (Å²) in [4.78, 5) is 23.8. The third-order valence-electron chi connectivity index (χ3n) is 4.34. The van der Waals surface area contributed by atoms with Crippen molar-refractivity contribution in [3.63, 3.8) is 0 Å². The lowest BCUT2D eigenvalue weighted by atomic mass is 10.1. The van der Waals surface area contributed by atoms with Crippen LogP contribution in [0.2, 0.25) is 0 Å². The second-order valence-electron chi connectivity index (χ2n) is 6.60. The maximum absolute atomic E-state index is 12.3. The zero-order valence-electron chi connectivity index (χ0n) is 16.5. The van der Waals surface area contributed by atoms with Gasteiger partial charge >= 0.3 is 12.1 Å². The van der Waals surface area contributed by atoms with Gasteiger partial charge in [-0.1, -0.05) is 68.5 Å². The maximum Gasteiger partial charge on any atom is 0.407 e. The highest BCUT2D eigenvalue weighted by atomic mass is 16.5. The van der Waals surface area contributed by atoms with Gasteiger partial charge in [-0.15, -0.1) is 6.58 Å². The topological polar surface area (TPSA) is 64.6 Å². The zero-order chi connectivity index (χ0) is 19.7. The number of nitrogens with one attached hydrogen (secondary N) is 1. The number of ether oxygens (including phenoxy) is 2. The van der Waals surface area contributed by atoms with Crippen molar-refractivity contribution in [2.75, 3.05) is 13.7 Å². The lowest BCUT2D eigenvalue weighted by molar-refractivity contribution is -0.146. The minimum absolute atomic E-state index is 0.374. The number of unbranched alkanes of at least 4 members (excludes halogenated alkanes) is 7. The first-order valence-electron chi connectivity index (χ1n) is 9.83. The monoisotopic (exact) mass is 375 g/mol. The first-order chi connectivity index (χ1) is 13.2. The molecule has 0 saturated carbocycles. The van der Waals surface area contributed by atoms with E-state index in [0.717, 1.165) is 31.2 Å². The Labute approximate surface area is 163 Å². The molecule has 0 heterocycles. The van der Waals surface area contributed by atoms with Gasteiger partial charge in [0.05, 0.1) is 13.7 Å². The number of carbonyl (C=O) groups is 2. The molecule has 0 bridgehead atoms. The molecule has 1 aromatic rings. The van der Waals surface area contributed by atoms with E-state index in [4.69, 9.17) is 4.74 Å². The lowest BCUT2D eigenvalue weighted by Gasteiger charge is -2.17. The number of alkyl carbamates (subject to hydrolysis) is 1. The van der Waals surface area contributed by atoms with E-state index >= 15 is 0 Å². The summed E-state index contributed by atoms with van der Waals surface area (Å²) in [5.74, 6) is -0.423. The fourth-order valence-electron chi connectivity index (χ4n) is 2.79. The van der Waals surface area contributed by atoms with E-state index in [9.17, 15) is 9.59 Å². The molecule has 0 aliphatic carbocycles. The van der Waals surface area contributed by atoms with Crippen molar-refractivity contribution in [2.45, 2.75) is 63.8 Å². The summed E-state index contributed by atoms with van der Waals surface area (Å²) >= 11 is 0. The van der Waals surface area contributed by atoms with Gasteiger partial charge in [-0.2, -0.15) is 0 Å². The van der Waals surface area contributed by atoms with E-state index in [1.54, 1.807) is 0 Å². The molecule has 1 rings (SSSR count). The SMILES string of the molecule is C=CCCCCCCCCCOC(=O)[C@H](Cc1ccccc1)NC(=O)OC. The van der Waals surface area contributed by atoms with Gasteiger partial charge in [0.2, 0.25) is 0 Å². The summed E-state index contributed by atoms with van der Waals surface area (Å²) in [6.07, 6.45) is 10.8. The normalized spacial score (nSPS) is 11.4. The average molecular weight is 376 g/mol. The second kappa shape index (κ2) is 14.8. The van der Waals surface area contributed by atoms with Crippen molar-refractivity contribution < 1.29 is 19.1 Å². The summed E-state index contributed by atoms with van der Waals surface area (Å²) in [6.45, 7) is 4.11. The standard InChI is InChI=1S/C22H33NO4/c1-3-4-5-6-7-8-9-10-14-17-27-21(24)20(23-22(25)26-2)18-19-15-12-11-13-16-19/h3,11-13,15-16,20H,1,4-10,14,17-18H2,2H3,(H,23,25)/t20-/m0/s1. The van der Waals surface area contributed by atoms with E-state index in [1.807, 2.05) is 36.4 Å². The predicted octanol–water partition coefficient (Wildman–Crippen LogP) is 4.80. The molecule has 1 N–H and O–H groups in total. The van der Waals surface area contributed by atoms with Crippen LogP contribution in [0.3, 0.4) is 0 Å². The van der Waals surface area contributed by atoms with Gasteiger partial charge in [0, 0.05) is 6.42 Å². The fraction of sp³-hybridized carbons (Fsp3) is 0.545. The molecule has 1 atom stereocenters. The van der Waals surface area contributed by atoms with Crippen molar-refractivity contribution in [3.05, 3.63) is 48.6 Å². The van der Waals surface area contributed by atoms with E-state index in [-0.39, 0.29) is 0 Å². The van der Waals surface area contributed by atoms with Crippen molar-refractivity contribution in [1.82, 2.24) is 5.32 Å². The Morgan fingerprint density at radius 1 is 1.04 bits per heavy atom. The Balaban J connectivity index is 2.26. The van der Waals surface area contributed by atoms with Gasteiger partial charge < -0.3 is 14.8 Å². The van der Waals surface area contributed by atoms with Gasteiger partial charge in [-0.3, -0.25) is 0 Å². The summed E-state index contributed by atoms with van der Waals surface area (Å²) in [7, 11) is 1.28. The first kappa shape index (κ1) is 22.7. The van der Waals surface area contributed by atoms with Crippen LogP contribution < -0.4 is 5.32 Å². The fourth-order valence-corrected chi connectivity index (χ4v) is 2.79. The Kier molecular flexibility index (Phi) is 12.5. The average Bonchev–Trinajstić information content (AvgIpc) is 2.69. The summed E-state index contributed by atoms with van der Waals surface area (Å²) in [5.41, 5.74) is 0.951. The van der Waals surface area contributed by atoms with Gasteiger partial charge in [0.1, 0.15) is 6.04 Å².